The first-order valence-electron chi connectivity index (χ1n) is 4.82. The van der Waals surface area contributed by atoms with Crippen LogP contribution < -0.4 is 11.1 Å². The summed E-state index contributed by atoms with van der Waals surface area (Å²) >= 11 is 11.9. The Morgan fingerprint density at radius 1 is 1.44 bits per heavy atom. The van der Waals surface area contributed by atoms with Gasteiger partial charge < -0.3 is 11.1 Å². The van der Waals surface area contributed by atoms with E-state index in [1.54, 1.807) is 12.1 Å². The summed E-state index contributed by atoms with van der Waals surface area (Å²) in [6, 6.07) is 4.77. The number of urea groups is 1. The lowest BCUT2D eigenvalue weighted by atomic mass is 9.84. The number of rotatable bonds is 3. The van der Waals surface area contributed by atoms with E-state index in [2.05, 4.69) is 5.32 Å². The Bertz CT molecular complexity index is 405. The summed E-state index contributed by atoms with van der Waals surface area (Å²) < 4.78 is 0. The summed E-state index contributed by atoms with van der Waals surface area (Å²) in [5.74, 6) is 0. The molecule has 0 aliphatic heterocycles. The molecule has 5 heteroatoms. The molecule has 0 unspecified atom stereocenters. The molecule has 0 saturated heterocycles. The number of amides is 2. The zero-order valence-electron chi connectivity index (χ0n) is 9.18. The Balaban J connectivity index is 2.92. The van der Waals surface area contributed by atoms with E-state index in [0.29, 0.717) is 16.6 Å². The van der Waals surface area contributed by atoms with Crippen LogP contribution in [0.25, 0.3) is 0 Å². The molecular formula is C11H14Cl2N2O. The van der Waals surface area contributed by atoms with E-state index < -0.39 is 6.03 Å². The van der Waals surface area contributed by atoms with E-state index in [1.807, 2.05) is 19.9 Å². The number of nitrogens with one attached hydrogen (secondary N) is 1. The molecule has 3 N–H and O–H groups in total. The van der Waals surface area contributed by atoms with E-state index >= 15 is 0 Å². The molecular weight excluding hydrogens is 247 g/mol. The van der Waals surface area contributed by atoms with Crippen molar-refractivity contribution in [3.63, 3.8) is 0 Å². The maximum atomic E-state index is 10.7. The summed E-state index contributed by atoms with van der Waals surface area (Å²) in [5.41, 5.74) is 5.66. The van der Waals surface area contributed by atoms with Crippen LogP contribution in [-0.2, 0) is 5.41 Å². The smallest absolute Gasteiger partial charge is 0.312 e. The largest absolute Gasteiger partial charge is 0.352 e. The molecule has 0 aliphatic carbocycles. The van der Waals surface area contributed by atoms with Crippen LogP contribution in [0.15, 0.2) is 18.2 Å². The van der Waals surface area contributed by atoms with Crippen LogP contribution in [0.1, 0.15) is 19.4 Å². The number of carbonyl (C=O) groups is 1. The van der Waals surface area contributed by atoms with Crippen molar-refractivity contribution in [1.29, 1.82) is 0 Å². The molecule has 1 aromatic carbocycles. The minimum atomic E-state index is -0.543. The molecule has 1 aromatic rings. The Hall–Kier alpha value is -0.930. The molecule has 0 aliphatic rings. The van der Waals surface area contributed by atoms with Crippen LogP contribution >= 0.6 is 23.2 Å². The second-order valence-corrected chi connectivity index (χ2v) is 5.07. The van der Waals surface area contributed by atoms with Crippen LogP contribution in [-0.4, -0.2) is 12.6 Å². The summed E-state index contributed by atoms with van der Waals surface area (Å²) in [5, 5.41) is 3.75. The van der Waals surface area contributed by atoms with E-state index in [1.165, 1.54) is 0 Å². The van der Waals surface area contributed by atoms with Crippen molar-refractivity contribution in [2.45, 2.75) is 19.3 Å². The Labute approximate surface area is 105 Å². The number of nitrogens with two attached hydrogens (primary N) is 1. The van der Waals surface area contributed by atoms with Gasteiger partial charge in [0.2, 0.25) is 0 Å². The molecule has 0 aromatic heterocycles. The highest BCUT2D eigenvalue weighted by atomic mass is 35.5. The zero-order valence-corrected chi connectivity index (χ0v) is 10.7. The predicted molar refractivity (Wildman–Crippen MR) is 67.1 cm³/mol. The van der Waals surface area contributed by atoms with Gasteiger partial charge in [0, 0.05) is 22.0 Å². The van der Waals surface area contributed by atoms with Crippen LogP contribution in [0.2, 0.25) is 10.0 Å². The molecule has 0 atom stereocenters. The quantitative estimate of drug-likeness (QED) is 0.863. The molecule has 0 bridgehead atoms. The zero-order chi connectivity index (χ0) is 12.3. The lowest BCUT2D eigenvalue weighted by Gasteiger charge is -2.26. The van der Waals surface area contributed by atoms with Gasteiger partial charge in [-0.3, -0.25) is 0 Å². The van der Waals surface area contributed by atoms with Gasteiger partial charge in [-0.05, 0) is 17.7 Å². The number of primary amides is 1. The molecule has 2 amide bonds. The summed E-state index contributed by atoms with van der Waals surface area (Å²) in [7, 11) is 0. The second kappa shape index (κ2) is 4.93. The van der Waals surface area contributed by atoms with Crippen molar-refractivity contribution in [3.8, 4) is 0 Å². The van der Waals surface area contributed by atoms with Gasteiger partial charge in [0.15, 0.2) is 0 Å². The van der Waals surface area contributed by atoms with Crippen molar-refractivity contribution >= 4 is 29.2 Å². The highest BCUT2D eigenvalue weighted by molar-refractivity contribution is 6.35. The average molecular weight is 261 g/mol. The normalized spacial score (nSPS) is 11.2. The standard InChI is InChI=1S/C11H14Cl2N2O/c1-11(2,6-15-10(14)16)8-4-3-7(12)5-9(8)13/h3-5H,6H2,1-2H3,(H3,14,15,16). The van der Waals surface area contributed by atoms with Gasteiger partial charge in [-0.25, -0.2) is 4.79 Å². The van der Waals surface area contributed by atoms with Crippen LogP contribution in [0.3, 0.4) is 0 Å². The Morgan fingerprint density at radius 3 is 2.56 bits per heavy atom. The van der Waals surface area contributed by atoms with Crippen molar-refractivity contribution in [2.24, 2.45) is 5.73 Å². The molecule has 16 heavy (non-hydrogen) atoms. The fourth-order valence-electron chi connectivity index (χ4n) is 1.44. The predicted octanol–water partition coefficient (Wildman–Crippen LogP) is 2.94. The van der Waals surface area contributed by atoms with Crippen molar-refractivity contribution < 1.29 is 4.79 Å². The Kier molecular flexibility index (Phi) is 4.05. The number of benzene rings is 1. The van der Waals surface area contributed by atoms with Gasteiger partial charge in [-0.2, -0.15) is 0 Å². The third-order valence-electron chi connectivity index (χ3n) is 2.36. The molecule has 0 fully saturated rings. The van der Waals surface area contributed by atoms with E-state index in [0.717, 1.165) is 5.56 Å². The molecule has 3 nitrogen and oxygen atoms in total. The van der Waals surface area contributed by atoms with Gasteiger partial charge >= 0.3 is 6.03 Å². The van der Waals surface area contributed by atoms with Crippen LogP contribution in [0.4, 0.5) is 4.79 Å². The molecule has 0 saturated carbocycles. The van der Waals surface area contributed by atoms with Crippen LogP contribution in [0.5, 0.6) is 0 Å². The van der Waals surface area contributed by atoms with Gasteiger partial charge in [0.25, 0.3) is 0 Å². The maximum absolute atomic E-state index is 10.7. The summed E-state index contributed by atoms with van der Waals surface area (Å²) in [6.45, 7) is 4.36. The minimum Gasteiger partial charge on any atom is -0.352 e. The fraction of sp³-hybridized carbons (Fsp3) is 0.364. The molecule has 0 radical (unpaired) electrons. The van der Waals surface area contributed by atoms with Crippen LogP contribution in [0, 0.1) is 0 Å². The summed E-state index contributed by atoms with van der Waals surface area (Å²) in [4.78, 5) is 10.7. The fourth-order valence-corrected chi connectivity index (χ4v) is 2.11. The number of hydrogen-bond donors (Lipinski definition) is 2. The van der Waals surface area contributed by atoms with Crippen molar-refractivity contribution in [1.82, 2.24) is 5.32 Å². The maximum Gasteiger partial charge on any atom is 0.312 e. The third kappa shape index (κ3) is 3.29. The lowest BCUT2D eigenvalue weighted by Crippen LogP contribution is -2.39. The monoisotopic (exact) mass is 260 g/mol. The van der Waals surface area contributed by atoms with E-state index in [4.69, 9.17) is 28.9 Å². The number of hydrogen-bond acceptors (Lipinski definition) is 1. The average Bonchev–Trinajstić information content (AvgIpc) is 2.14. The molecule has 0 spiro atoms. The first kappa shape index (κ1) is 13.1. The highest BCUT2D eigenvalue weighted by Gasteiger charge is 2.23. The first-order chi connectivity index (χ1) is 7.33. The highest BCUT2D eigenvalue weighted by Crippen LogP contribution is 2.31. The number of halogens is 2. The summed E-state index contributed by atoms with van der Waals surface area (Å²) in [6.07, 6.45) is 0. The topological polar surface area (TPSA) is 55.1 Å². The van der Waals surface area contributed by atoms with Crippen molar-refractivity contribution in [3.05, 3.63) is 33.8 Å². The molecule has 88 valence electrons. The van der Waals surface area contributed by atoms with Gasteiger partial charge in [0.1, 0.15) is 0 Å². The first-order valence-corrected chi connectivity index (χ1v) is 5.57. The minimum absolute atomic E-state index is 0.295. The Morgan fingerprint density at radius 2 is 2.06 bits per heavy atom. The SMILES string of the molecule is CC(C)(CNC(N)=O)c1ccc(Cl)cc1Cl. The van der Waals surface area contributed by atoms with Crippen molar-refractivity contribution in [2.75, 3.05) is 6.54 Å². The lowest BCUT2D eigenvalue weighted by molar-refractivity contribution is 0.246. The van der Waals surface area contributed by atoms with Gasteiger partial charge in [0.05, 0.1) is 0 Å². The molecule has 0 heterocycles. The van der Waals surface area contributed by atoms with Gasteiger partial charge in [-0.15, -0.1) is 0 Å². The van der Waals surface area contributed by atoms with E-state index in [9.17, 15) is 4.79 Å². The third-order valence-corrected chi connectivity index (χ3v) is 2.91. The molecule has 1 rings (SSSR count). The number of carbonyl (C=O) groups excluding carboxylic acids is 1. The second-order valence-electron chi connectivity index (χ2n) is 4.23. The van der Waals surface area contributed by atoms with Gasteiger partial charge in [-0.1, -0.05) is 43.1 Å². The van der Waals surface area contributed by atoms with E-state index in [-0.39, 0.29) is 5.41 Å².